The van der Waals surface area contributed by atoms with E-state index in [2.05, 4.69) is 22.5 Å². The van der Waals surface area contributed by atoms with Gasteiger partial charge in [0.1, 0.15) is 5.41 Å². The number of guanidine groups is 1. The lowest BCUT2D eigenvalue weighted by Crippen LogP contribution is -2.62. The van der Waals surface area contributed by atoms with Crippen LogP contribution in [0.25, 0.3) is 0 Å². The normalized spacial score (nSPS) is 18.6. The van der Waals surface area contributed by atoms with Crippen LogP contribution in [0.1, 0.15) is 46.5 Å². The molecule has 0 radical (unpaired) electrons. The van der Waals surface area contributed by atoms with Crippen LogP contribution in [0.2, 0.25) is 0 Å². The minimum absolute atomic E-state index is 0.235. The average Bonchev–Trinajstić information content (AvgIpc) is 2.30. The summed E-state index contributed by atoms with van der Waals surface area (Å²) in [6.07, 6.45) is 2.99. The van der Waals surface area contributed by atoms with E-state index in [9.17, 15) is 9.59 Å². The Morgan fingerprint density at radius 2 is 1.59 bits per heavy atom. The summed E-state index contributed by atoms with van der Waals surface area (Å²) >= 11 is 0. The van der Waals surface area contributed by atoms with Crippen molar-refractivity contribution in [3.63, 3.8) is 0 Å². The number of hydrogen-bond donors (Lipinski definition) is 2. The molecular formula is C12H21N3O2. The van der Waals surface area contributed by atoms with Gasteiger partial charge in [-0.05, 0) is 19.3 Å². The smallest absolute Gasteiger partial charge is 0.242 e. The highest BCUT2D eigenvalue weighted by Gasteiger charge is 2.46. The Labute approximate surface area is 102 Å². The second-order valence-electron chi connectivity index (χ2n) is 4.28. The maximum Gasteiger partial charge on any atom is 0.242 e. The fourth-order valence-corrected chi connectivity index (χ4v) is 1.91. The van der Waals surface area contributed by atoms with Crippen LogP contribution >= 0.6 is 0 Å². The topological polar surface area (TPSA) is 70.6 Å². The van der Waals surface area contributed by atoms with Crippen molar-refractivity contribution in [2.24, 2.45) is 10.4 Å². The van der Waals surface area contributed by atoms with Gasteiger partial charge in [0.05, 0.1) is 0 Å². The van der Waals surface area contributed by atoms with Gasteiger partial charge in [-0.15, -0.1) is 0 Å². The van der Waals surface area contributed by atoms with Crippen molar-refractivity contribution in [1.82, 2.24) is 10.6 Å². The Balaban J connectivity index is 2.77. The zero-order valence-electron chi connectivity index (χ0n) is 10.8. The molecule has 5 nitrogen and oxygen atoms in total. The van der Waals surface area contributed by atoms with Crippen molar-refractivity contribution >= 4 is 17.8 Å². The second-order valence-corrected chi connectivity index (χ2v) is 4.28. The van der Waals surface area contributed by atoms with Crippen molar-refractivity contribution in [2.45, 2.75) is 46.5 Å². The van der Waals surface area contributed by atoms with Gasteiger partial charge < -0.3 is 0 Å². The molecule has 2 N–H and O–H groups in total. The predicted molar refractivity (Wildman–Crippen MR) is 66.5 cm³/mol. The largest absolute Gasteiger partial charge is 0.295 e. The number of nitrogens with zero attached hydrogens (tertiary/aromatic N) is 1. The van der Waals surface area contributed by atoms with Crippen LogP contribution in [0.3, 0.4) is 0 Å². The SMILES string of the molecule is CCCCN=C1NC(=O)C(CC)(CC)C(=O)N1. The molecule has 1 fully saturated rings. The van der Waals surface area contributed by atoms with Crippen LogP contribution in [0.15, 0.2) is 4.99 Å². The van der Waals surface area contributed by atoms with E-state index >= 15 is 0 Å². The zero-order valence-corrected chi connectivity index (χ0v) is 10.8. The summed E-state index contributed by atoms with van der Waals surface area (Å²) in [7, 11) is 0. The summed E-state index contributed by atoms with van der Waals surface area (Å²) < 4.78 is 0. The Hall–Kier alpha value is -1.39. The van der Waals surface area contributed by atoms with E-state index in [4.69, 9.17) is 0 Å². The van der Waals surface area contributed by atoms with Gasteiger partial charge in [0, 0.05) is 6.54 Å². The Bertz CT molecular complexity index is 311. The number of unbranched alkanes of at least 4 members (excludes halogenated alkanes) is 1. The summed E-state index contributed by atoms with van der Waals surface area (Å²) in [6, 6.07) is 0. The minimum Gasteiger partial charge on any atom is -0.295 e. The summed E-state index contributed by atoms with van der Waals surface area (Å²) in [5, 5.41) is 5.36. The van der Waals surface area contributed by atoms with Gasteiger partial charge in [0.15, 0.2) is 0 Å². The molecule has 2 amide bonds. The quantitative estimate of drug-likeness (QED) is 0.559. The number of carbonyl (C=O) groups excluding carboxylic acids is 2. The van der Waals surface area contributed by atoms with E-state index in [0.717, 1.165) is 12.8 Å². The molecule has 5 heteroatoms. The standard InChI is InChI=1S/C12H21N3O2/c1-4-7-8-13-11-14-9(16)12(5-2,6-3)10(17)15-11/h4-8H2,1-3H3,(H2,13,14,15,16,17). The summed E-state index contributed by atoms with van der Waals surface area (Å²) in [6.45, 7) is 6.39. The Kier molecular flexibility index (Phi) is 4.66. The third-order valence-electron chi connectivity index (χ3n) is 3.32. The van der Waals surface area contributed by atoms with Crippen LogP contribution < -0.4 is 10.6 Å². The van der Waals surface area contributed by atoms with E-state index in [1.807, 2.05) is 13.8 Å². The fourth-order valence-electron chi connectivity index (χ4n) is 1.91. The molecule has 0 aromatic rings. The molecule has 17 heavy (non-hydrogen) atoms. The second kappa shape index (κ2) is 5.80. The van der Waals surface area contributed by atoms with Crippen LogP contribution in [0.5, 0.6) is 0 Å². The molecule has 0 unspecified atom stereocenters. The lowest BCUT2D eigenvalue weighted by molar-refractivity contribution is -0.144. The zero-order chi connectivity index (χ0) is 12.9. The molecule has 0 aromatic heterocycles. The fraction of sp³-hybridized carbons (Fsp3) is 0.750. The van der Waals surface area contributed by atoms with E-state index in [1.54, 1.807) is 0 Å². The molecule has 0 spiro atoms. The number of nitrogens with one attached hydrogen (secondary N) is 2. The summed E-state index contributed by atoms with van der Waals surface area (Å²) in [4.78, 5) is 28.1. The van der Waals surface area contributed by atoms with Gasteiger partial charge in [0.2, 0.25) is 17.8 Å². The molecule has 0 aliphatic carbocycles. The van der Waals surface area contributed by atoms with Crippen molar-refractivity contribution in [3.05, 3.63) is 0 Å². The predicted octanol–water partition coefficient (Wildman–Crippen LogP) is 1.19. The molecule has 1 aliphatic heterocycles. The lowest BCUT2D eigenvalue weighted by Gasteiger charge is -2.33. The molecule has 0 bridgehead atoms. The molecule has 1 rings (SSSR count). The highest BCUT2D eigenvalue weighted by molar-refractivity contribution is 6.20. The van der Waals surface area contributed by atoms with Crippen molar-refractivity contribution < 1.29 is 9.59 Å². The van der Waals surface area contributed by atoms with Crippen LogP contribution in [0.4, 0.5) is 0 Å². The first-order valence-corrected chi connectivity index (χ1v) is 6.28. The van der Waals surface area contributed by atoms with Gasteiger partial charge >= 0.3 is 0 Å². The monoisotopic (exact) mass is 239 g/mol. The molecule has 96 valence electrons. The Morgan fingerprint density at radius 1 is 1.06 bits per heavy atom. The van der Waals surface area contributed by atoms with Crippen molar-refractivity contribution in [2.75, 3.05) is 6.54 Å². The maximum absolute atomic E-state index is 12.0. The van der Waals surface area contributed by atoms with Crippen LogP contribution in [0, 0.1) is 5.41 Å². The van der Waals surface area contributed by atoms with E-state index in [1.165, 1.54) is 0 Å². The van der Waals surface area contributed by atoms with Gasteiger partial charge in [-0.25, -0.2) is 0 Å². The maximum atomic E-state index is 12.0. The third-order valence-corrected chi connectivity index (χ3v) is 3.32. The lowest BCUT2D eigenvalue weighted by atomic mass is 9.79. The van der Waals surface area contributed by atoms with E-state index < -0.39 is 5.41 Å². The number of aliphatic imine (C=N–C) groups is 1. The van der Waals surface area contributed by atoms with Crippen LogP contribution in [-0.4, -0.2) is 24.3 Å². The molecule has 1 saturated heterocycles. The van der Waals surface area contributed by atoms with E-state index in [-0.39, 0.29) is 11.8 Å². The number of hydrogen-bond acceptors (Lipinski definition) is 3. The summed E-state index contributed by atoms with van der Waals surface area (Å²) in [5.41, 5.74) is -0.927. The average molecular weight is 239 g/mol. The highest BCUT2D eigenvalue weighted by atomic mass is 16.2. The molecule has 0 atom stereocenters. The van der Waals surface area contributed by atoms with Gasteiger partial charge in [-0.2, -0.15) is 0 Å². The third kappa shape index (κ3) is 2.65. The Morgan fingerprint density at radius 3 is 2.00 bits per heavy atom. The van der Waals surface area contributed by atoms with Gasteiger partial charge in [-0.1, -0.05) is 27.2 Å². The first kappa shape index (κ1) is 13.7. The van der Waals surface area contributed by atoms with Crippen molar-refractivity contribution in [3.8, 4) is 0 Å². The van der Waals surface area contributed by atoms with Gasteiger partial charge in [0.25, 0.3) is 0 Å². The molecule has 0 saturated carbocycles. The van der Waals surface area contributed by atoms with Gasteiger partial charge in [-0.3, -0.25) is 25.2 Å². The molecule has 1 heterocycles. The first-order valence-electron chi connectivity index (χ1n) is 6.28. The van der Waals surface area contributed by atoms with Crippen molar-refractivity contribution in [1.29, 1.82) is 0 Å². The van der Waals surface area contributed by atoms with Crippen LogP contribution in [-0.2, 0) is 9.59 Å². The van der Waals surface area contributed by atoms with E-state index in [0.29, 0.717) is 25.3 Å². The molecule has 1 aliphatic rings. The number of amides is 2. The summed E-state index contributed by atoms with van der Waals surface area (Å²) in [5.74, 6) is -0.172. The molecular weight excluding hydrogens is 218 g/mol. The minimum atomic E-state index is -0.927. The highest BCUT2D eigenvalue weighted by Crippen LogP contribution is 2.28. The number of rotatable bonds is 5. The molecule has 0 aromatic carbocycles. The first-order chi connectivity index (χ1) is 8.10. The number of carbonyl (C=O) groups is 2.